The fourth-order valence-electron chi connectivity index (χ4n) is 1.60. The maximum Gasteiger partial charge on any atom is 0.312 e. The van der Waals surface area contributed by atoms with Crippen molar-refractivity contribution in [2.24, 2.45) is 11.7 Å². The molecule has 0 aliphatic rings. The number of rotatable bonds is 8. The van der Waals surface area contributed by atoms with Gasteiger partial charge in [-0.25, -0.2) is 4.79 Å². The number of primary amides is 1. The molecule has 3 amide bonds. The van der Waals surface area contributed by atoms with E-state index in [1.807, 2.05) is 13.8 Å². The largest absolute Gasteiger partial charge is 0.395 e. The number of hydrogen-bond donors (Lipinski definition) is 3. The molecule has 0 aromatic carbocycles. The van der Waals surface area contributed by atoms with Crippen LogP contribution in [-0.4, -0.2) is 47.7 Å². The highest BCUT2D eigenvalue weighted by Crippen LogP contribution is 2.11. The van der Waals surface area contributed by atoms with Gasteiger partial charge in [0.2, 0.25) is 5.91 Å². The Morgan fingerprint density at radius 2 is 2.17 bits per heavy atom. The van der Waals surface area contributed by atoms with Crippen LogP contribution in [0.1, 0.15) is 20.3 Å². The molecule has 0 fully saturated rings. The van der Waals surface area contributed by atoms with Crippen molar-refractivity contribution >= 4 is 11.9 Å². The van der Waals surface area contributed by atoms with Crippen molar-refractivity contribution in [3.05, 3.63) is 12.7 Å². The summed E-state index contributed by atoms with van der Waals surface area (Å²) in [6.07, 6.45) is 2.31. The average Bonchev–Trinajstić information content (AvgIpc) is 2.33. The number of carbonyl (C=O) groups is 2. The maximum atomic E-state index is 12.3. The quantitative estimate of drug-likeness (QED) is 0.537. The van der Waals surface area contributed by atoms with Crippen LogP contribution in [0.3, 0.4) is 0 Å². The fourth-order valence-corrected chi connectivity index (χ4v) is 1.60. The van der Waals surface area contributed by atoms with Crippen LogP contribution in [0, 0.1) is 5.92 Å². The Hall–Kier alpha value is -1.56. The summed E-state index contributed by atoms with van der Waals surface area (Å²) in [5, 5.41) is 11.4. The lowest BCUT2D eigenvalue weighted by Crippen LogP contribution is -2.53. The van der Waals surface area contributed by atoms with Crippen LogP contribution in [0.5, 0.6) is 0 Å². The Balaban J connectivity index is 4.88. The molecule has 2 atom stereocenters. The van der Waals surface area contributed by atoms with E-state index in [0.29, 0.717) is 6.54 Å². The molecule has 4 N–H and O–H groups in total. The highest BCUT2D eigenvalue weighted by Gasteiger charge is 2.28. The van der Waals surface area contributed by atoms with Gasteiger partial charge in [0.25, 0.3) is 0 Å². The van der Waals surface area contributed by atoms with Crippen molar-refractivity contribution in [1.82, 2.24) is 10.2 Å². The van der Waals surface area contributed by atoms with E-state index in [0.717, 1.165) is 6.42 Å². The first kappa shape index (κ1) is 16.4. The molecule has 0 saturated heterocycles. The third-order valence-electron chi connectivity index (χ3n) is 2.81. The van der Waals surface area contributed by atoms with Crippen molar-refractivity contribution in [1.29, 1.82) is 0 Å². The van der Waals surface area contributed by atoms with Crippen LogP contribution < -0.4 is 11.1 Å². The van der Waals surface area contributed by atoms with E-state index >= 15 is 0 Å². The van der Waals surface area contributed by atoms with E-state index in [2.05, 4.69) is 11.9 Å². The van der Waals surface area contributed by atoms with Gasteiger partial charge in [0.05, 0.1) is 6.61 Å². The molecule has 0 bridgehead atoms. The first-order valence-corrected chi connectivity index (χ1v) is 6.04. The molecule has 2 unspecified atom stereocenters. The van der Waals surface area contributed by atoms with E-state index in [9.17, 15) is 9.59 Å². The minimum atomic E-state index is -0.726. The van der Waals surface area contributed by atoms with E-state index in [1.54, 1.807) is 6.08 Å². The smallest absolute Gasteiger partial charge is 0.312 e. The molecule has 0 aromatic heterocycles. The van der Waals surface area contributed by atoms with Gasteiger partial charge in [0.15, 0.2) is 0 Å². The highest BCUT2D eigenvalue weighted by molar-refractivity contribution is 5.87. The zero-order valence-corrected chi connectivity index (χ0v) is 11.1. The van der Waals surface area contributed by atoms with Crippen LogP contribution in [0.25, 0.3) is 0 Å². The third-order valence-corrected chi connectivity index (χ3v) is 2.81. The number of carbonyl (C=O) groups excluding carboxylic acids is 2. The van der Waals surface area contributed by atoms with Gasteiger partial charge >= 0.3 is 6.03 Å². The second-order valence-corrected chi connectivity index (χ2v) is 4.17. The van der Waals surface area contributed by atoms with E-state index in [1.165, 1.54) is 4.90 Å². The summed E-state index contributed by atoms with van der Waals surface area (Å²) in [5.74, 6) is -0.284. The summed E-state index contributed by atoms with van der Waals surface area (Å²) in [5.41, 5.74) is 5.08. The normalized spacial score (nSPS) is 13.5. The minimum absolute atomic E-state index is 0.0315. The second kappa shape index (κ2) is 8.52. The average molecular weight is 257 g/mol. The first-order valence-electron chi connectivity index (χ1n) is 6.04. The second-order valence-electron chi connectivity index (χ2n) is 4.17. The summed E-state index contributed by atoms with van der Waals surface area (Å²) in [4.78, 5) is 24.6. The third kappa shape index (κ3) is 5.18. The van der Waals surface area contributed by atoms with Crippen molar-refractivity contribution in [3.63, 3.8) is 0 Å². The van der Waals surface area contributed by atoms with Gasteiger partial charge in [0, 0.05) is 13.1 Å². The molecular formula is C12H23N3O3. The molecule has 6 nitrogen and oxygen atoms in total. The summed E-state index contributed by atoms with van der Waals surface area (Å²) in [6.45, 7) is 7.75. The molecule has 6 heteroatoms. The van der Waals surface area contributed by atoms with Crippen LogP contribution in [0.15, 0.2) is 12.7 Å². The van der Waals surface area contributed by atoms with Gasteiger partial charge in [-0.2, -0.15) is 0 Å². The standard InChI is InChI=1S/C12H23N3O3/c1-4-6-15(7-8-16)11(17)10(9(3)5-2)14-12(13)18/h4,9-10,16H,1,5-8H2,2-3H3,(H3,13,14,18). The molecule has 18 heavy (non-hydrogen) atoms. The lowest BCUT2D eigenvalue weighted by molar-refractivity contribution is -0.134. The lowest BCUT2D eigenvalue weighted by atomic mass is 9.98. The Labute approximate surface area is 108 Å². The molecule has 0 aromatic rings. The number of nitrogens with two attached hydrogens (primary N) is 1. The molecule has 104 valence electrons. The summed E-state index contributed by atoms with van der Waals surface area (Å²) < 4.78 is 0. The van der Waals surface area contributed by atoms with E-state index < -0.39 is 12.1 Å². The minimum Gasteiger partial charge on any atom is -0.395 e. The lowest BCUT2D eigenvalue weighted by Gasteiger charge is -2.29. The van der Waals surface area contributed by atoms with Crippen molar-refractivity contribution in [2.45, 2.75) is 26.3 Å². The predicted molar refractivity (Wildman–Crippen MR) is 69.8 cm³/mol. The van der Waals surface area contributed by atoms with Crippen molar-refractivity contribution in [2.75, 3.05) is 19.7 Å². The number of hydrogen-bond acceptors (Lipinski definition) is 3. The van der Waals surface area contributed by atoms with Gasteiger partial charge < -0.3 is 21.1 Å². The molecule has 0 aliphatic heterocycles. The van der Waals surface area contributed by atoms with E-state index in [4.69, 9.17) is 10.8 Å². The van der Waals surface area contributed by atoms with Gasteiger partial charge in [0.1, 0.15) is 6.04 Å². The SMILES string of the molecule is C=CCN(CCO)C(=O)C(NC(N)=O)C(C)CC. The van der Waals surface area contributed by atoms with E-state index in [-0.39, 0.29) is 25.0 Å². The Morgan fingerprint density at radius 1 is 1.56 bits per heavy atom. The molecule has 0 spiro atoms. The number of amides is 3. The van der Waals surface area contributed by atoms with Gasteiger partial charge in [-0.15, -0.1) is 6.58 Å². The fraction of sp³-hybridized carbons (Fsp3) is 0.667. The van der Waals surface area contributed by atoms with Crippen molar-refractivity contribution < 1.29 is 14.7 Å². The van der Waals surface area contributed by atoms with Crippen LogP contribution >= 0.6 is 0 Å². The maximum absolute atomic E-state index is 12.3. The van der Waals surface area contributed by atoms with Crippen LogP contribution in [0.4, 0.5) is 4.79 Å². The number of urea groups is 1. The van der Waals surface area contributed by atoms with Gasteiger partial charge in [-0.3, -0.25) is 4.79 Å². The molecule has 0 radical (unpaired) electrons. The number of aliphatic hydroxyl groups excluding tert-OH is 1. The van der Waals surface area contributed by atoms with Gasteiger partial charge in [-0.1, -0.05) is 26.3 Å². The topological polar surface area (TPSA) is 95.7 Å². The Morgan fingerprint density at radius 3 is 2.56 bits per heavy atom. The molecular weight excluding hydrogens is 234 g/mol. The molecule has 0 saturated carbocycles. The van der Waals surface area contributed by atoms with Crippen molar-refractivity contribution in [3.8, 4) is 0 Å². The molecule has 0 rings (SSSR count). The van der Waals surface area contributed by atoms with Gasteiger partial charge in [-0.05, 0) is 5.92 Å². The molecule has 0 aliphatic carbocycles. The van der Waals surface area contributed by atoms with Crippen LogP contribution in [0.2, 0.25) is 0 Å². The predicted octanol–water partition coefficient (Wildman–Crippen LogP) is 0.0763. The number of nitrogens with zero attached hydrogens (tertiary/aromatic N) is 1. The summed E-state index contributed by atoms with van der Waals surface area (Å²) in [7, 11) is 0. The number of nitrogens with one attached hydrogen (secondary N) is 1. The first-order chi connectivity index (χ1) is 8.47. The number of aliphatic hydroxyl groups is 1. The summed E-state index contributed by atoms with van der Waals surface area (Å²) in [6, 6.07) is -1.39. The Kier molecular flexibility index (Phi) is 7.78. The monoisotopic (exact) mass is 257 g/mol. The Bertz CT molecular complexity index is 294. The summed E-state index contributed by atoms with van der Waals surface area (Å²) >= 11 is 0. The zero-order valence-electron chi connectivity index (χ0n) is 11.1. The van der Waals surface area contributed by atoms with Crippen LogP contribution in [-0.2, 0) is 4.79 Å². The molecule has 0 heterocycles. The zero-order chi connectivity index (χ0) is 14.1. The highest BCUT2D eigenvalue weighted by atomic mass is 16.3.